The zero-order valence-electron chi connectivity index (χ0n) is 8.83. The van der Waals surface area contributed by atoms with Gasteiger partial charge in [0.1, 0.15) is 0 Å². The minimum Gasteiger partial charge on any atom is -0.469 e. The number of carbonyl (C=O) groups excluding carboxylic acids is 2. The molecule has 0 radical (unpaired) electrons. The molecule has 0 aliphatic carbocycles. The first-order valence-electron chi connectivity index (χ1n) is 4.68. The van der Waals surface area contributed by atoms with Gasteiger partial charge in [0, 0.05) is 5.92 Å². The molecule has 14 heavy (non-hydrogen) atoms. The lowest BCUT2D eigenvalue weighted by Crippen LogP contribution is -2.28. The van der Waals surface area contributed by atoms with Gasteiger partial charge in [-0.15, -0.1) is 0 Å². The van der Waals surface area contributed by atoms with Crippen LogP contribution in [0.4, 0.5) is 0 Å². The molecule has 1 aliphatic heterocycles. The van der Waals surface area contributed by atoms with E-state index < -0.39 is 0 Å². The van der Waals surface area contributed by atoms with Crippen molar-refractivity contribution in [2.24, 2.45) is 11.3 Å². The van der Waals surface area contributed by atoms with Gasteiger partial charge < -0.3 is 9.47 Å². The second kappa shape index (κ2) is 3.98. The van der Waals surface area contributed by atoms with Crippen LogP contribution in [0.1, 0.15) is 26.7 Å². The highest BCUT2D eigenvalue weighted by molar-refractivity contribution is 5.73. The van der Waals surface area contributed by atoms with Gasteiger partial charge in [0.2, 0.25) is 0 Å². The largest absolute Gasteiger partial charge is 0.469 e. The molecule has 1 atom stereocenters. The molecule has 4 heteroatoms. The van der Waals surface area contributed by atoms with Crippen LogP contribution in [-0.2, 0) is 19.1 Å². The summed E-state index contributed by atoms with van der Waals surface area (Å²) in [6.45, 7) is 4.33. The molecule has 0 aromatic carbocycles. The maximum atomic E-state index is 11.1. The molecule has 1 aliphatic rings. The molecule has 0 aromatic heterocycles. The number of hydrogen-bond acceptors (Lipinski definition) is 4. The average molecular weight is 200 g/mol. The second-order valence-electron chi connectivity index (χ2n) is 4.33. The number of cyclic esters (lactones) is 1. The first kappa shape index (κ1) is 11.0. The van der Waals surface area contributed by atoms with Crippen molar-refractivity contribution < 1.29 is 19.1 Å². The molecule has 1 fully saturated rings. The van der Waals surface area contributed by atoms with E-state index in [9.17, 15) is 9.59 Å². The first-order chi connectivity index (χ1) is 6.45. The fourth-order valence-electron chi connectivity index (χ4n) is 1.60. The van der Waals surface area contributed by atoms with Crippen LogP contribution in [0.3, 0.4) is 0 Å². The SMILES string of the molecule is COC(=O)CC(C)(C)C1COC(=O)C1. The topological polar surface area (TPSA) is 52.6 Å². The van der Waals surface area contributed by atoms with E-state index in [1.165, 1.54) is 7.11 Å². The van der Waals surface area contributed by atoms with Crippen LogP contribution in [0.5, 0.6) is 0 Å². The minimum atomic E-state index is -0.241. The molecule has 0 aromatic rings. The molecule has 80 valence electrons. The predicted molar refractivity (Wildman–Crippen MR) is 49.5 cm³/mol. The summed E-state index contributed by atoms with van der Waals surface area (Å²) < 4.78 is 9.48. The predicted octanol–water partition coefficient (Wildman–Crippen LogP) is 1.14. The number of hydrogen-bond donors (Lipinski definition) is 0. The first-order valence-corrected chi connectivity index (χ1v) is 4.68. The Morgan fingerprint density at radius 1 is 1.64 bits per heavy atom. The highest BCUT2D eigenvalue weighted by Gasteiger charge is 2.38. The number of carbonyl (C=O) groups is 2. The van der Waals surface area contributed by atoms with Crippen molar-refractivity contribution in [3.8, 4) is 0 Å². The Morgan fingerprint density at radius 2 is 2.29 bits per heavy atom. The lowest BCUT2D eigenvalue weighted by molar-refractivity contribution is -0.143. The Bertz CT molecular complexity index is 245. The van der Waals surface area contributed by atoms with E-state index in [2.05, 4.69) is 4.74 Å². The third kappa shape index (κ3) is 2.47. The summed E-state index contributed by atoms with van der Waals surface area (Å²) >= 11 is 0. The van der Waals surface area contributed by atoms with Gasteiger partial charge in [-0.1, -0.05) is 13.8 Å². The van der Waals surface area contributed by atoms with Gasteiger partial charge in [0.05, 0.1) is 26.6 Å². The molecule has 1 heterocycles. The molecule has 1 saturated heterocycles. The Morgan fingerprint density at radius 3 is 2.71 bits per heavy atom. The fraction of sp³-hybridized carbons (Fsp3) is 0.800. The average Bonchev–Trinajstić information content (AvgIpc) is 2.51. The van der Waals surface area contributed by atoms with E-state index in [0.29, 0.717) is 19.4 Å². The van der Waals surface area contributed by atoms with Crippen LogP contribution in [-0.4, -0.2) is 25.7 Å². The number of ether oxygens (including phenoxy) is 2. The van der Waals surface area contributed by atoms with Gasteiger partial charge in [-0.3, -0.25) is 9.59 Å². The van der Waals surface area contributed by atoms with Gasteiger partial charge in [0.25, 0.3) is 0 Å². The van der Waals surface area contributed by atoms with E-state index in [0.717, 1.165) is 0 Å². The molecule has 0 saturated carbocycles. The fourth-order valence-corrected chi connectivity index (χ4v) is 1.60. The standard InChI is InChI=1S/C10H16O4/c1-10(2,5-9(12)13-3)7-4-8(11)14-6-7/h7H,4-6H2,1-3H3. The molecule has 0 bridgehead atoms. The van der Waals surface area contributed by atoms with E-state index in [4.69, 9.17) is 4.74 Å². The van der Waals surface area contributed by atoms with Crippen LogP contribution in [0.15, 0.2) is 0 Å². The molecular weight excluding hydrogens is 184 g/mol. The molecule has 4 nitrogen and oxygen atoms in total. The van der Waals surface area contributed by atoms with Gasteiger partial charge in [-0.05, 0) is 5.41 Å². The number of rotatable bonds is 3. The monoisotopic (exact) mass is 200 g/mol. The van der Waals surface area contributed by atoms with Gasteiger partial charge >= 0.3 is 11.9 Å². The molecule has 0 spiro atoms. The molecule has 1 rings (SSSR count). The quantitative estimate of drug-likeness (QED) is 0.641. The highest BCUT2D eigenvalue weighted by Crippen LogP contribution is 2.36. The van der Waals surface area contributed by atoms with Crippen molar-refractivity contribution in [1.29, 1.82) is 0 Å². The Kier molecular flexibility index (Phi) is 3.13. The second-order valence-corrected chi connectivity index (χ2v) is 4.33. The summed E-state index contributed by atoms with van der Waals surface area (Å²) in [6.07, 6.45) is 0.731. The summed E-state index contributed by atoms with van der Waals surface area (Å²) in [5, 5.41) is 0. The highest BCUT2D eigenvalue weighted by atomic mass is 16.5. The van der Waals surface area contributed by atoms with Crippen LogP contribution in [0.2, 0.25) is 0 Å². The van der Waals surface area contributed by atoms with E-state index >= 15 is 0 Å². The van der Waals surface area contributed by atoms with Crippen molar-refractivity contribution in [3.05, 3.63) is 0 Å². The van der Waals surface area contributed by atoms with Crippen LogP contribution in [0, 0.1) is 11.3 Å². The summed E-state index contributed by atoms with van der Waals surface area (Å²) in [5.74, 6) is -0.295. The van der Waals surface area contributed by atoms with Crippen molar-refractivity contribution >= 4 is 11.9 Å². The molecular formula is C10H16O4. The van der Waals surface area contributed by atoms with Crippen LogP contribution in [0.25, 0.3) is 0 Å². The third-order valence-electron chi connectivity index (χ3n) is 2.79. The lowest BCUT2D eigenvalue weighted by Gasteiger charge is -2.28. The smallest absolute Gasteiger partial charge is 0.306 e. The van der Waals surface area contributed by atoms with Crippen molar-refractivity contribution in [3.63, 3.8) is 0 Å². The third-order valence-corrected chi connectivity index (χ3v) is 2.79. The van der Waals surface area contributed by atoms with Crippen molar-refractivity contribution in [2.75, 3.05) is 13.7 Å². The number of esters is 2. The summed E-state index contributed by atoms with van der Waals surface area (Å²) in [5.41, 5.74) is -0.237. The van der Waals surface area contributed by atoms with Gasteiger partial charge in [-0.2, -0.15) is 0 Å². The maximum absolute atomic E-state index is 11.1. The van der Waals surface area contributed by atoms with Crippen molar-refractivity contribution in [1.82, 2.24) is 0 Å². The van der Waals surface area contributed by atoms with E-state index in [1.807, 2.05) is 13.8 Å². The lowest BCUT2D eigenvalue weighted by atomic mass is 9.76. The Hall–Kier alpha value is -1.06. The number of methoxy groups -OCH3 is 1. The Labute approximate surface area is 83.6 Å². The van der Waals surface area contributed by atoms with Gasteiger partial charge in [0.15, 0.2) is 0 Å². The molecule has 0 amide bonds. The zero-order chi connectivity index (χ0) is 10.8. The van der Waals surface area contributed by atoms with Gasteiger partial charge in [-0.25, -0.2) is 0 Å². The molecule has 0 N–H and O–H groups in total. The zero-order valence-corrected chi connectivity index (χ0v) is 8.83. The Balaban J connectivity index is 2.56. The minimum absolute atomic E-state index is 0.120. The van der Waals surface area contributed by atoms with E-state index in [1.54, 1.807) is 0 Å². The van der Waals surface area contributed by atoms with Crippen LogP contribution >= 0.6 is 0 Å². The van der Waals surface area contributed by atoms with Crippen molar-refractivity contribution in [2.45, 2.75) is 26.7 Å². The maximum Gasteiger partial charge on any atom is 0.306 e. The summed E-state index contributed by atoms with van der Waals surface area (Å²) in [6, 6.07) is 0. The molecule has 1 unspecified atom stereocenters. The van der Waals surface area contributed by atoms with E-state index in [-0.39, 0.29) is 23.3 Å². The summed E-state index contributed by atoms with van der Waals surface area (Å²) in [7, 11) is 1.37. The summed E-state index contributed by atoms with van der Waals surface area (Å²) in [4.78, 5) is 22.0. The van der Waals surface area contributed by atoms with Crippen LogP contribution < -0.4 is 0 Å². The normalized spacial score (nSPS) is 21.9.